The first-order chi connectivity index (χ1) is 11.2. The van der Waals surface area contributed by atoms with Gasteiger partial charge in [-0.05, 0) is 23.8 Å². The lowest BCUT2D eigenvalue weighted by Crippen LogP contribution is -2.26. The van der Waals surface area contributed by atoms with Gasteiger partial charge in [0.15, 0.2) is 9.84 Å². The van der Waals surface area contributed by atoms with Crippen molar-refractivity contribution in [1.29, 1.82) is 0 Å². The Morgan fingerprint density at radius 3 is 2.46 bits per heavy atom. The summed E-state index contributed by atoms with van der Waals surface area (Å²) in [4.78, 5) is 13.7. The third-order valence-corrected chi connectivity index (χ3v) is 4.23. The molecule has 0 aliphatic carbocycles. The second-order valence-electron chi connectivity index (χ2n) is 5.67. The Kier molecular flexibility index (Phi) is 5.33. The quantitative estimate of drug-likeness (QED) is 0.831. The normalized spacial score (nSPS) is 11.3. The minimum Gasteiger partial charge on any atom is -0.337 e. The Morgan fingerprint density at radius 1 is 1.12 bits per heavy atom. The summed E-state index contributed by atoms with van der Waals surface area (Å²) in [5.41, 5.74) is 1.01. The molecule has 0 spiro atoms. The van der Waals surface area contributed by atoms with E-state index in [-0.39, 0.29) is 23.8 Å². The molecule has 0 heterocycles. The monoisotopic (exact) mass is 353 g/mol. The second kappa shape index (κ2) is 7.09. The molecule has 0 bridgehead atoms. The molecule has 4 nitrogen and oxygen atoms in total. The number of benzene rings is 2. The van der Waals surface area contributed by atoms with Crippen molar-refractivity contribution < 1.29 is 22.0 Å². The molecule has 0 radical (unpaired) electrons. The lowest BCUT2D eigenvalue weighted by molar-refractivity contribution is 0.0783. The minimum absolute atomic E-state index is 0.0265. The van der Waals surface area contributed by atoms with Crippen LogP contribution in [0.15, 0.2) is 42.5 Å². The molecule has 0 saturated carbocycles. The molecular formula is C17H17F2NO3S. The summed E-state index contributed by atoms with van der Waals surface area (Å²) in [6.45, 7) is -0.0265. The van der Waals surface area contributed by atoms with Crippen LogP contribution < -0.4 is 0 Å². The number of carbonyl (C=O) groups is 1. The predicted molar refractivity (Wildman–Crippen MR) is 87.1 cm³/mol. The summed E-state index contributed by atoms with van der Waals surface area (Å²) in [5.74, 6) is -1.95. The van der Waals surface area contributed by atoms with E-state index in [9.17, 15) is 22.0 Å². The van der Waals surface area contributed by atoms with E-state index in [1.165, 1.54) is 24.1 Å². The summed E-state index contributed by atoms with van der Waals surface area (Å²) < 4.78 is 49.3. The van der Waals surface area contributed by atoms with E-state index >= 15 is 0 Å². The number of hydrogen-bond donors (Lipinski definition) is 0. The van der Waals surface area contributed by atoms with Crippen molar-refractivity contribution in [3.8, 4) is 0 Å². The van der Waals surface area contributed by atoms with Crippen LogP contribution in [0.2, 0.25) is 0 Å². The fourth-order valence-electron chi connectivity index (χ4n) is 2.29. The molecule has 0 unspecified atom stereocenters. The van der Waals surface area contributed by atoms with Crippen molar-refractivity contribution in [2.45, 2.75) is 12.3 Å². The Hall–Kier alpha value is -2.28. The fraction of sp³-hybridized carbons (Fsp3) is 0.235. The van der Waals surface area contributed by atoms with Crippen LogP contribution in [0.3, 0.4) is 0 Å². The summed E-state index contributed by atoms with van der Waals surface area (Å²) in [5, 5.41) is 0. The van der Waals surface area contributed by atoms with Crippen molar-refractivity contribution in [1.82, 2.24) is 4.90 Å². The standard InChI is InChI=1S/C17H17F2NO3S/c1-20(10-14-6-7-15(18)9-16(14)19)17(21)13-5-3-4-12(8-13)11-24(2,22)23/h3-9H,10-11H2,1-2H3. The highest BCUT2D eigenvalue weighted by Gasteiger charge is 2.15. The van der Waals surface area contributed by atoms with Gasteiger partial charge in [-0.25, -0.2) is 17.2 Å². The number of amides is 1. The number of rotatable bonds is 5. The summed E-state index contributed by atoms with van der Waals surface area (Å²) >= 11 is 0. The molecule has 2 rings (SSSR count). The molecule has 128 valence electrons. The van der Waals surface area contributed by atoms with Crippen LogP contribution in [0.4, 0.5) is 8.78 Å². The topological polar surface area (TPSA) is 54.5 Å². The SMILES string of the molecule is CN(Cc1ccc(F)cc1F)C(=O)c1cccc(CS(C)(=O)=O)c1. The predicted octanol–water partition coefficient (Wildman–Crippen LogP) is 2.78. The number of halogens is 2. The zero-order valence-corrected chi connectivity index (χ0v) is 14.1. The maximum absolute atomic E-state index is 13.7. The minimum atomic E-state index is -3.21. The van der Waals surface area contributed by atoms with Gasteiger partial charge in [-0.15, -0.1) is 0 Å². The van der Waals surface area contributed by atoms with Crippen LogP contribution in [0.25, 0.3) is 0 Å². The number of hydrogen-bond acceptors (Lipinski definition) is 3. The molecule has 2 aromatic rings. The van der Waals surface area contributed by atoms with Gasteiger partial charge in [-0.1, -0.05) is 18.2 Å². The van der Waals surface area contributed by atoms with E-state index in [1.54, 1.807) is 18.2 Å². The fourth-order valence-corrected chi connectivity index (χ4v) is 3.08. The molecule has 0 aliphatic heterocycles. The second-order valence-corrected chi connectivity index (χ2v) is 7.81. The molecule has 7 heteroatoms. The van der Waals surface area contributed by atoms with Crippen LogP contribution in [-0.4, -0.2) is 32.5 Å². The molecule has 0 aromatic heterocycles. The van der Waals surface area contributed by atoms with Crippen LogP contribution >= 0.6 is 0 Å². The first-order valence-corrected chi connectivity index (χ1v) is 9.18. The highest BCUT2D eigenvalue weighted by Crippen LogP contribution is 2.15. The van der Waals surface area contributed by atoms with Crippen molar-refractivity contribution in [3.63, 3.8) is 0 Å². The third-order valence-electron chi connectivity index (χ3n) is 3.37. The van der Waals surface area contributed by atoms with Gasteiger partial charge < -0.3 is 4.90 Å². The van der Waals surface area contributed by atoms with Gasteiger partial charge >= 0.3 is 0 Å². The molecule has 0 aliphatic rings. The van der Waals surface area contributed by atoms with Crippen LogP contribution in [0, 0.1) is 11.6 Å². The molecule has 24 heavy (non-hydrogen) atoms. The lowest BCUT2D eigenvalue weighted by Gasteiger charge is -2.18. The van der Waals surface area contributed by atoms with Crippen molar-refractivity contribution in [2.75, 3.05) is 13.3 Å². The molecular weight excluding hydrogens is 336 g/mol. The summed E-state index contributed by atoms with van der Waals surface area (Å²) in [6.07, 6.45) is 1.12. The Bertz CT molecular complexity index is 866. The van der Waals surface area contributed by atoms with E-state index in [1.807, 2.05) is 0 Å². The van der Waals surface area contributed by atoms with Crippen LogP contribution in [0.1, 0.15) is 21.5 Å². The van der Waals surface area contributed by atoms with E-state index in [0.29, 0.717) is 11.1 Å². The highest BCUT2D eigenvalue weighted by molar-refractivity contribution is 7.89. The van der Waals surface area contributed by atoms with E-state index < -0.39 is 21.5 Å². The summed E-state index contributed by atoms with van der Waals surface area (Å²) in [6, 6.07) is 9.46. The maximum atomic E-state index is 13.7. The van der Waals surface area contributed by atoms with Gasteiger partial charge in [0, 0.05) is 37.0 Å². The molecule has 0 saturated heterocycles. The van der Waals surface area contributed by atoms with Gasteiger partial charge in [-0.2, -0.15) is 0 Å². The Labute approximate surface area is 139 Å². The van der Waals surface area contributed by atoms with Gasteiger partial charge in [0.2, 0.25) is 0 Å². The van der Waals surface area contributed by atoms with Crippen molar-refractivity contribution >= 4 is 15.7 Å². The first kappa shape index (κ1) is 18.1. The molecule has 0 N–H and O–H groups in total. The zero-order valence-electron chi connectivity index (χ0n) is 13.3. The average Bonchev–Trinajstić information content (AvgIpc) is 2.47. The van der Waals surface area contributed by atoms with Gasteiger partial charge in [0.1, 0.15) is 11.6 Å². The van der Waals surface area contributed by atoms with Crippen molar-refractivity contribution in [3.05, 3.63) is 70.8 Å². The Balaban J connectivity index is 2.17. The Morgan fingerprint density at radius 2 is 1.83 bits per heavy atom. The molecule has 0 fully saturated rings. The number of nitrogens with zero attached hydrogens (tertiary/aromatic N) is 1. The van der Waals surface area contributed by atoms with Gasteiger partial charge in [-0.3, -0.25) is 4.79 Å². The van der Waals surface area contributed by atoms with Crippen LogP contribution in [-0.2, 0) is 22.1 Å². The lowest BCUT2D eigenvalue weighted by atomic mass is 10.1. The smallest absolute Gasteiger partial charge is 0.253 e. The largest absolute Gasteiger partial charge is 0.337 e. The molecule has 2 aromatic carbocycles. The third kappa shape index (κ3) is 4.86. The molecule has 0 atom stereocenters. The van der Waals surface area contributed by atoms with Gasteiger partial charge in [0.05, 0.1) is 5.75 Å². The number of carbonyl (C=O) groups excluding carboxylic acids is 1. The highest BCUT2D eigenvalue weighted by atomic mass is 32.2. The first-order valence-electron chi connectivity index (χ1n) is 7.12. The average molecular weight is 353 g/mol. The van der Waals surface area contributed by atoms with E-state index in [2.05, 4.69) is 0 Å². The zero-order chi connectivity index (χ0) is 17.9. The summed E-state index contributed by atoms with van der Waals surface area (Å²) in [7, 11) is -1.71. The van der Waals surface area contributed by atoms with E-state index in [4.69, 9.17) is 0 Å². The van der Waals surface area contributed by atoms with Crippen LogP contribution in [0.5, 0.6) is 0 Å². The maximum Gasteiger partial charge on any atom is 0.253 e. The van der Waals surface area contributed by atoms with Crippen molar-refractivity contribution in [2.24, 2.45) is 0 Å². The number of sulfone groups is 1. The van der Waals surface area contributed by atoms with E-state index in [0.717, 1.165) is 18.4 Å². The molecule has 1 amide bonds. The van der Waals surface area contributed by atoms with Gasteiger partial charge in [0.25, 0.3) is 5.91 Å².